The Morgan fingerprint density at radius 1 is 0.806 bits per heavy atom. The summed E-state index contributed by atoms with van der Waals surface area (Å²) in [5, 5.41) is 4.56. The van der Waals surface area contributed by atoms with Gasteiger partial charge < -0.3 is 14.8 Å². The molecule has 0 aromatic heterocycles. The molecule has 0 atom stereocenters. The molecule has 0 aliphatic heterocycles. The van der Waals surface area contributed by atoms with Crippen LogP contribution in [0.5, 0.6) is 11.5 Å². The first kappa shape index (κ1) is 23.7. The Morgan fingerprint density at radius 2 is 1.42 bits per heavy atom. The Bertz CT molecular complexity index is 876. The van der Waals surface area contributed by atoms with Crippen molar-refractivity contribution in [2.45, 2.75) is 38.1 Å². The summed E-state index contributed by atoms with van der Waals surface area (Å²) in [5.41, 5.74) is 0. The van der Waals surface area contributed by atoms with Gasteiger partial charge in [0.1, 0.15) is 18.1 Å². The van der Waals surface area contributed by atoms with Crippen LogP contribution in [-0.2, 0) is 9.59 Å². The normalized spacial score (nSPS) is 18.3. The molecule has 0 unspecified atom stereocenters. The standard InChI is InChI=1S/C23H24Cl3NO4/c24-16-3-7-21(8-4-16)31-14-23(29)27-19-5-1-15(2-6-19)9-20(28)13-30-22-11-17(25)10-18(26)12-22/h3-4,7-8,10-12,15,19H,1-2,5-6,9,13-14H2,(H,27,29). The minimum atomic E-state index is -0.150. The van der Waals surface area contributed by atoms with Crippen molar-refractivity contribution in [3.8, 4) is 11.5 Å². The molecular formula is C23H24Cl3NO4. The predicted molar refractivity (Wildman–Crippen MR) is 122 cm³/mol. The van der Waals surface area contributed by atoms with Gasteiger partial charge in [0.25, 0.3) is 5.91 Å². The number of amides is 1. The molecule has 3 rings (SSSR count). The number of halogens is 3. The van der Waals surface area contributed by atoms with E-state index in [2.05, 4.69) is 5.32 Å². The second kappa shape index (κ2) is 11.6. The van der Waals surface area contributed by atoms with Gasteiger partial charge in [-0.05, 0) is 74.1 Å². The van der Waals surface area contributed by atoms with E-state index in [9.17, 15) is 9.59 Å². The molecule has 1 N–H and O–H groups in total. The molecule has 0 radical (unpaired) electrons. The Hall–Kier alpha value is -1.95. The zero-order chi connectivity index (χ0) is 22.2. The fourth-order valence-corrected chi connectivity index (χ4v) is 4.25. The van der Waals surface area contributed by atoms with Crippen molar-refractivity contribution >= 4 is 46.5 Å². The third kappa shape index (κ3) is 8.24. The molecule has 0 saturated heterocycles. The Kier molecular flexibility index (Phi) is 8.88. The molecular weight excluding hydrogens is 461 g/mol. The fourth-order valence-electron chi connectivity index (χ4n) is 3.62. The van der Waals surface area contributed by atoms with Crippen LogP contribution >= 0.6 is 34.8 Å². The second-order valence-electron chi connectivity index (χ2n) is 7.66. The predicted octanol–water partition coefficient (Wildman–Crippen LogP) is 5.74. The monoisotopic (exact) mass is 483 g/mol. The number of nitrogens with one attached hydrogen (secondary N) is 1. The van der Waals surface area contributed by atoms with E-state index in [1.54, 1.807) is 42.5 Å². The zero-order valence-electron chi connectivity index (χ0n) is 16.9. The molecule has 1 saturated carbocycles. The highest BCUT2D eigenvalue weighted by molar-refractivity contribution is 6.34. The van der Waals surface area contributed by atoms with Gasteiger partial charge in [0.05, 0.1) is 0 Å². The first-order valence-corrected chi connectivity index (χ1v) is 11.3. The number of ether oxygens (including phenoxy) is 2. The minimum absolute atomic E-state index is 0.00459. The van der Waals surface area contributed by atoms with Crippen molar-refractivity contribution in [1.29, 1.82) is 0 Å². The van der Waals surface area contributed by atoms with Gasteiger partial charge in [0, 0.05) is 27.5 Å². The van der Waals surface area contributed by atoms with E-state index in [0.717, 1.165) is 25.7 Å². The minimum Gasteiger partial charge on any atom is -0.486 e. The van der Waals surface area contributed by atoms with Crippen LogP contribution in [0, 0.1) is 5.92 Å². The van der Waals surface area contributed by atoms with Gasteiger partial charge in [-0.3, -0.25) is 9.59 Å². The van der Waals surface area contributed by atoms with E-state index in [0.29, 0.717) is 38.9 Å². The summed E-state index contributed by atoms with van der Waals surface area (Å²) in [4.78, 5) is 24.4. The summed E-state index contributed by atoms with van der Waals surface area (Å²) in [6.45, 7) is -0.0414. The fraction of sp³-hybridized carbons (Fsp3) is 0.391. The summed E-state index contributed by atoms with van der Waals surface area (Å²) in [6.07, 6.45) is 3.93. The number of hydrogen-bond acceptors (Lipinski definition) is 4. The topological polar surface area (TPSA) is 64.6 Å². The molecule has 0 spiro atoms. The van der Waals surface area contributed by atoms with Crippen LogP contribution in [0.4, 0.5) is 0 Å². The van der Waals surface area contributed by atoms with Crippen LogP contribution in [0.25, 0.3) is 0 Å². The zero-order valence-corrected chi connectivity index (χ0v) is 19.2. The van der Waals surface area contributed by atoms with Crippen molar-refractivity contribution < 1.29 is 19.1 Å². The van der Waals surface area contributed by atoms with Gasteiger partial charge >= 0.3 is 0 Å². The van der Waals surface area contributed by atoms with E-state index in [1.165, 1.54) is 0 Å². The summed E-state index contributed by atoms with van der Waals surface area (Å²) in [5.74, 6) is 1.28. The Labute approximate surface area is 197 Å². The number of Topliss-reactive ketones (excluding diaryl/α,β-unsaturated/α-hetero) is 1. The van der Waals surface area contributed by atoms with Crippen LogP contribution in [-0.4, -0.2) is 30.9 Å². The number of carbonyl (C=O) groups is 2. The van der Waals surface area contributed by atoms with E-state index >= 15 is 0 Å². The maximum absolute atomic E-state index is 12.3. The number of ketones is 1. The molecule has 5 nitrogen and oxygen atoms in total. The summed E-state index contributed by atoms with van der Waals surface area (Å²) < 4.78 is 11.0. The molecule has 1 aliphatic carbocycles. The average Bonchev–Trinajstić information content (AvgIpc) is 2.73. The highest BCUT2D eigenvalue weighted by atomic mass is 35.5. The second-order valence-corrected chi connectivity index (χ2v) is 8.97. The molecule has 166 valence electrons. The van der Waals surface area contributed by atoms with Gasteiger partial charge in [-0.15, -0.1) is 0 Å². The first-order chi connectivity index (χ1) is 14.9. The van der Waals surface area contributed by atoms with Crippen molar-refractivity contribution in [1.82, 2.24) is 5.32 Å². The molecule has 31 heavy (non-hydrogen) atoms. The third-order valence-corrected chi connectivity index (χ3v) is 5.84. The van der Waals surface area contributed by atoms with E-state index in [4.69, 9.17) is 44.3 Å². The van der Waals surface area contributed by atoms with E-state index in [1.807, 2.05) is 0 Å². The first-order valence-electron chi connectivity index (χ1n) is 10.2. The van der Waals surface area contributed by atoms with Crippen molar-refractivity contribution in [2.24, 2.45) is 5.92 Å². The van der Waals surface area contributed by atoms with Crippen molar-refractivity contribution in [2.75, 3.05) is 13.2 Å². The molecule has 1 aliphatic rings. The molecule has 2 aromatic rings. The molecule has 1 amide bonds. The lowest BCUT2D eigenvalue weighted by Crippen LogP contribution is -2.40. The lowest BCUT2D eigenvalue weighted by molar-refractivity contribution is -0.125. The molecule has 0 heterocycles. The largest absolute Gasteiger partial charge is 0.486 e. The van der Waals surface area contributed by atoms with Crippen LogP contribution in [0.3, 0.4) is 0 Å². The highest BCUT2D eigenvalue weighted by Crippen LogP contribution is 2.28. The summed E-state index contributed by atoms with van der Waals surface area (Å²) in [6, 6.07) is 11.9. The van der Waals surface area contributed by atoms with Crippen molar-refractivity contribution in [3.63, 3.8) is 0 Å². The van der Waals surface area contributed by atoms with Gasteiger partial charge in [0.15, 0.2) is 12.4 Å². The Balaban J connectivity index is 1.32. The third-order valence-electron chi connectivity index (χ3n) is 5.15. The maximum Gasteiger partial charge on any atom is 0.258 e. The lowest BCUT2D eigenvalue weighted by Gasteiger charge is -2.28. The van der Waals surface area contributed by atoms with Gasteiger partial charge in [0.2, 0.25) is 0 Å². The summed E-state index contributed by atoms with van der Waals surface area (Å²) >= 11 is 17.7. The number of carbonyl (C=O) groups excluding carboxylic acids is 2. The quantitative estimate of drug-likeness (QED) is 0.493. The smallest absolute Gasteiger partial charge is 0.258 e. The van der Waals surface area contributed by atoms with E-state index < -0.39 is 0 Å². The van der Waals surface area contributed by atoms with E-state index in [-0.39, 0.29) is 30.9 Å². The Morgan fingerprint density at radius 3 is 2.06 bits per heavy atom. The molecule has 0 bridgehead atoms. The van der Waals surface area contributed by atoms with Crippen LogP contribution < -0.4 is 14.8 Å². The average molecular weight is 485 g/mol. The highest BCUT2D eigenvalue weighted by Gasteiger charge is 2.24. The number of rotatable bonds is 9. The summed E-state index contributed by atoms with van der Waals surface area (Å²) in [7, 11) is 0. The molecule has 1 fully saturated rings. The van der Waals surface area contributed by atoms with Crippen LogP contribution in [0.1, 0.15) is 32.1 Å². The van der Waals surface area contributed by atoms with Gasteiger partial charge in [-0.2, -0.15) is 0 Å². The molecule has 2 aromatic carbocycles. The lowest BCUT2D eigenvalue weighted by atomic mass is 9.83. The molecule has 8 heteroatoms. The number of benzene rings is 2. The van der Waals surface area contributed by atoms with Crippen molar-refractivity contribution in [3.05, 3.63) is 57.5 Å². The van der Waals surface area contributed by atoms with Crippen LogP contribution in [0.2, 0.25) is 15.1 Å². The van der Waals surface area contributed by atoms with Gasteiger partial charge in [-0.25, -0.2) is 0 Å². The maximum atomic E-state index is 12.3. The van der Waals surface area contributed by atoms with Gasteiger partial charge in [-0.1, -0.05) is 34.8 Å². The number of hydrogen-bond donors (Lipinski definition) is 1. The van der Waals surface area contributed by atoms with Crippen LogP contribution in [0.15, 0.2) is 42.5 Å². The SMILES string of the molecule is O=C(COc1cc(Cl)cc(Cl)c1)CC1CCC(NC(=O)COc2ccc(Cl)cc2)CC1.